The summed E-state index contributed by atoms with van der Waals surface area (Å²) in [6, 6.07) is 11.5. The molecule has 162 valence electrons. The maximum Gasteiger partial charge on any atom is 0.251 e. The van der Waals surface area contributed by atoms with Crippen molar-refractivity contribution in [3.63, 3.8) is 0 Å². The number of rotatable bonds is 8. The topological polar surface area (TPSA) is 93.7 Å². The number of aryl methyl sites for hydroxylation is 1. The molecule has 0 radical (unpaired) electrons. The Morgan fingerprint density at radius 3 is 2.77 bits per heavy atom. The minimum absolute atomic E-state index is 0.0499. The number of nitrogens with one attached hydrogen (secondary N) is 2. The van der Waals surface area contributed by atoms with Crippen molar-refractivity contribution in [2.45, 2.75) is 43.7 Å². The molecular weight excluding hydrogens is 404 g/mol. The quantitative estimate of drug-likeness (QED) is 0.669. The van der Waals surface area contributed by atoms with Gasteiger partial charge in [0.25, 0.3) is 5.91 Å². The lowest BCUT2D eigenvalue weighted by Gasteiger charge is -2.18. The fourth-order valence-electron chi connectivity index (χ4n) is 3.45. The van der Waals surface area contributed by atoms with Crippen LogP contribution in [0.3, 0.4) is 0 Å². The largest absolute Gasteiger partial charge is 0.496 e. The van der Waals surface area contributed by atoms with Crippen LogP contribution < -0.4 is 14.8 Å². The molecule has 3 rings (SSSR count). The maximum atomic E-state index is 12.8. The van der Waals surface area contributed by atoms with Gasteiger partial charge in [-0.05, 0) is 51.0 Å². The fraction of sp³-hybridized carbons (Fsp3) is 0.409. The average molecular weight is 433 g/mol. The van der Waals surface area contributed by atoms with Crippen molar-refractivity contribution in [2.24, 2.45) is 0 Å². The van der Waals surface area contributed by atoms with Crippen LogP contribution in [0.15, 0.2) is 47.4 Å². The Hall–Kier alpha value is -2.42. The normalized spacial score (nSPS) is 17.5. The Labute approximate surface area is 177 Å². The van der Waals surface area contributed by atoms with Crippen molar-refractivity contribution < 1.29 is 22.7 Å². The second-order valence-corrected chi connectivity index (χ2v) is 9.22. The number of amides is 1. The molecule has 8 heteroatoms. The van der Waals surface area contributed by atoms with Gasteiger partial charge in [0.1, 0.15) is 5.75 Å². The van der Waals surface area contributed by atoms with E-state index in [0.717, 1.165) is 24.0 Å². The average Bonchev–Trinajstić information content (AvgIpc) is 3.26. The number of methoxy groups -OCH3 is 1. The molecule has 2 aromatic rings. The molecule has 0 aromatic heterocycles. The minimum atomic E-state index is -3.73. The fourth-order valence-corrected chi connectivity index (χ4v) is 4.56. The van der Waals surface area contributed by atoms with Gasteiger partial charge in [-0.1, -0.05) is 23.8 Å². The summed E-state index contributed by atoms with van der Waals surface area (Å²) >= 11 is 0. The zero-order chi connectivity index (χ0) is 21.7. The molecule has 2 unspecified atom stereocenters. The van der Waals surface area contributed by atoms with E-state index >= 15 is 0 Å². The van der Waals surface area contributed by atoms with Crippen molar-refractivity contribution in [1.82, 2.24) is 10.0 Å². The first-order valence-electron chi connectivity index (χ1n) is 9.97. The number of ether oxygens (including phenoxy) is 2. The number of hydrogen-bond acceptors (Lipinski definition) is 5. The summed E-state index contributed by atoms with van der Waals surface area (Å²) in [4.78, 5) is 12.8. The molecule has 0 saturated carbocycles. The van der Waals surface area contributed by atoms with Crippen LogP contribution in [0.2, 0.25) is 0 Å². The van der Waals surface area contributed by atoms with Gasteiger partial charge in [-0.15, -0.1) is 0 Å². The molecule has 2 aromatic carbocycles. The molecule has 2 N–H and O–H groups in total. The maximum absolute atomic E-state index is 12.8. The molecule has 0 bridgehead atoms. The number of carbonyl (C=O) groups excluding carboxylic acids is 1. The SMILES string of the molecule is COc1ccc(C)cc1C(C)NC(=O)c1cccc(S(=O)(=O)NCC2CCCO2)c1. The van der Waals surface area contributed by atoms with Crippen LogP contribution in [-0.2, 0) is 14.8 Å². The van der Waals surface area contributed by atoms with Gasteiger partial charge in [-0.25, -0.2) is 13.1 Å². The van der Waals surface area contributed by atoms with Gasteiger partial charge in [0.05, 0.1) is 24.2 Å². The third-order valence-corrected chi connectivity index (χ3v) is 6.55. The lowest BCUT2D eigenvalue weighted by molar-refractivity contribution is 0.0939. The molecule has 1 heterocycles. The van der Waals surface area contributed by atoms with Gasteiger partial charge in [0, 0.05) is 24.3 Å². The number of sulfonamides is 1. The van der Waals surface area contributed by atoms with E-state index in [1.165, 1.54) is 12.1 Å². The highest BCUT2D eigenvalue weighted by atomic mass is 32.2. The first-order valence-corrected chi connectivity index (χ1v) is 11.4. The molecule has 0 aliphatic carbocycles. The Balaban J connectivity index is 1.72. The van der Waals surface area contributed by atoms with Crippen LogP contribution in [0.1, 0.15) is 47.3 Å². The summed E-state index contributed by atoms with van der Waals surface area (Å²) in [7, 11) is -2.15. The van der Waals surface area contributed by atoms with Gasteiger partial charge < -0.3 is 14.8 Å². The summed E-state index contributed by atoms with van der Waals surface area (Å²) in [5, 5.41) is 2.92. The van der Waals surface area contributed by atoms with E-state index in [1.807, 2.05) is 32.0 Å². The summed E-state index contributed by atoms with van der Waals surface area (Å²) in [5.74, 6) is 0.324. The summed E-state index contributed by atoms with van der Waals surface area (Å²) < 4.78 is 38.6. The summed E-state index contributed by atoms with van der Waals surface area (Å²) in [6.45, 7) is 4.71. The molecule has 1 amide bonds. The third kappa shape index (κ3) is 5.38. The van der Waals surface area contributed by atoms with E-state index in [1.54, 1.807) is 19.2 Å². The molecule has 1 aliphatic heterocycles. The smallest absolute Gasteiger partial charge is 0.251 e. The molecule has 2 atom stereocenters. The van der Waals surface area contributed by atoms with E-state index in [4.69, 9.17) is 9.47 Å². The highest BCUT2D eigenvalue weighted by Crippen LogP contribution is 2.26. The van der Waals surface area contributed by atoms with Crippen LogP contribution in [-0.4, -0.2) is 40.7 Å². The zero-order valence-electron chi connectivity index (χ0n) is 17.5. The van der Waals surface area contributed by atoms with Gasteiger partial charge in [0.15, 0.2) is 0 Å². The van der Waals surface area contributed by atoms with E-state index in [0.29, 0.717) is 12.4 Å². The number of hydrogen-bond donors (Lipinski definition) is 2. The van der Waals surface area contributed by atoms with Crippen LogP contribution >= 0.6 is 0 Å². The van der Waals surface area contributed by atoms with Crippen molar-refractivity contribution in [3.05, 3.63) is 59.2 Å². The first kappa shape index (κ1) is 22.3. The van der Waals surface area contributed by atoms with Crippen molar-refractivity contribution in [1.29, 1.82) is 0 Å². The molecule has 7 nitrogen and oxygen atoms in total. The minimum Gasteiger partial charge on any atom is -0.496 e. The van der Waals surface area contributed by atoms with E-state index in [9.17, 15) is 13.2 Å². The number of carbonyl (C=O) groups is 1. The van der Waals surface area contributed by atoms with Crippen molar-refractivity contribution in [3.8, 4) is 5.75 Å². The van der Waals surface area contributed by atoms with Crippen LogP contribution in [0.25, 0.3) is 0 Å². The Bertz CT molecular complexity index is 1000. The highest BCUT2D eigenvalue weighted by molar-refractivity contribution is 7.89. The zero-order valence-corrected chi connectivity index (χ0v) is 18.3. The Kier molecular flexibility index (Phi) is 7.12. The monoisotopic (exact) mass is 432 g/mol. The third-order valence-electron chi connectivity index (χ3n) is 5.13. The van der Waals surface area contributed by atoms with Gasteiger partial charge in [-0.2, -0.15) is 0 Å². The van der Waals surface area contributed by atoms with Gasteiger partial charge in [0.2, 0.25) is 10.0 Å². The first-order chi connectivity index (χ1) is 14.3. The summed E-state index contributed by atoms with van der Waals surface area (Å²) in [6.07, 6.45) is 1.67. The van der Waals surface area contributed by atoms with Gasteiger partial charge in [-0.3, -0.25) is 4.79 Å². The lowest BCUT2D eigenvalue weighted by atomic mass is 10.0. The second kappa shape index (κ2) is 9.59. The predicted molar refractivity (Wildman–Crippen MR) is 114 cm³/mol. The lowest BCUT2D eigenvalue weighted by Crippen LogP contribution is -2.32. The standard InChI is InChI=1S/C22H28N2O5S/c1-15-9-10-21(28-3)20(12-15)16(2)24-22(25)17-6-4-8-19(13-17)30(26,27)23-14-18-7-5-11-29-18/h4,6,8-10,12-13,16,18,23H,5,7,11,14H2,1-3H3,(H,24,25). The molecule has 1 fully saturated rings. The second-order valence-electron chi connectivity index (χ2n) is 7.46. The van der Waals surface area contributed by atoms with E-state index < -0.39 is 10.0 Å². The molecule has 1 saturated heterocycles. The molecule has 1 aliphatic rings. The van der Waals surface area contributed by atoms with Crippen LogP contribution in [0.4, 0.5) is 0 Å². The van der Waals surface area contributed by atoms with E-state index in [-0.39, 0.29) is 35.1 Å². The Morgan fingerprint density at radius 1 is 1.27 bits per heavy atom. The number of benzene rings is 2. The van der Waals surface area contributed by atoms with Crippen molar-refractivity contribution >= 4 is 15.9 Å². The van der Waals surface area contributed by atoms with Crippen LogP contribution in [0, 0.1) is 6.92 Å². The van der Waals surface area contributed by atoms with Crippen molar-refractivity contribution in [2.75, 3.05) is 20.3 Å². The van der Waals surface area contributed by atoms with Gasteiger partial charge >= 0.3 is 0 Å². The molecular formula is C22H28N2O5S. The summed E-state index contributed by atoms with van der Waals surface area (Å²) in [5.41, 5.74) is 2.18. The highest BCUT2D eigenvalue weighted by Gasteiger charge is 2.22. The van der Waals surface area contributed by atoms with E-state index in [2.05, 4.69) is 10.0 Å². The van der Waals surface area contributed by atoms with Crippen LogP contribution in [0.5, 0.6) is 5.75 Å². The Morgan fingerprint density at radius 2 is 2.07 bits per heavy atom. The predicted octanol–water partition coefficient (Wildman–Crippen LogP) is 2.95. The molecule has 30 heavy (non-hydrogen) atoms. The molecule has 0 spiro atoms.